The van der Waals surface area contributed by atoms with Crippen LogP contribution in [0.5, 0.6) is 0 Å². The molecule has 0 nitrogen and oxygen atoms in total. The van der Waals surface area contributed by atoms with Gasteiger partial charge in [0, 0.05) is 0 Å². The molecule has 0 saturated heterocycles. The maximum atomic E-state index is 2.42. The molecule has 3 rings (SSSR count). The number of aryl methyl sites for hydroxylation is 6. The molecular weight excluding hydrogens is 363 g/mol. The molecule has 128 valence electrons. The molecule has 3 aromatic carbocycles. The van der Waals surface area contributed by atoms with Gasteiger partial charge in [-0.25, -0.2) is 0 Å². The Hall–Kier alpha value is -1.78. The van der Waals surface area contributed by atoms with Crippen molar-refractivity contribution in [3.05, 3.63) is 88.0 Å². The van der Waals surface area contributed by atoms with E-state index in [4.69, 9.17) is 0 Å². The number of hydrogen-bond acceptors (Lipinski definition) is 0. The quantitative estimate of drug-likeness (QED) is 0.592. The third-order valence-corrected chi connectivity index (χ3v) is 10.2. The number of hydrogen-bond donors (Lipinski definition) is 0. The van der Waals surface area contributed by atoms with E-state index in [-0.39, 0.29) is 0 Å². The van der Waals surface area contributed by atoms with Gasteiger partial charge in [-0.3, -0.25) is 0 Å². The second kappa shape index (κ2) is 7.22. The fraction of sp³-hybridized carbons (Fsp3) is 0.250. The molecule has 0 unspecified atom stereocenters. The SMILES string of the molecule is Cc1ccc([As](c2ccc(C)c(C)c2)c2ccc(C)c(C)c2)cc1C. The average Bonchev–Trinajstić information content (AvgIpc) is 2.57. The van der Waals surface area contributed by atoms with Gasteiger partial charge >= 0.3 is 157 Å². The monoisotopic (exact) mass is 390 g/mol. The summed E-state index contributed by atoms with van der Waals surface area (Å²) in [6.45, 7) is 13.3. The second-order valence-corrected chi connectivity index (χ2v) is 11.8. The van der Waals surface area contributed by atoms with E-state index in [1.54, 1.807) is 0 Å². The fourth-order valence-corrected chi connectivity index (χ4v) is 8.36. The van der Waals surface area contributed by atoms with Crippen LogP contribution in [0.15, 0.2) is 54.6 Å². The molecule has 0 N–H and O–H groups in total. The van der Waals surface area contributed by atoms with Gasteiger partial charge in [-0.05, 0) is 0 Å². The molecule has 0 bridgehead atoms. The summed E-state index contributed by atoms with van der Waals surface area (Å²) in [5.74, 6) is 0. The van der Waals surface area contributed by atoms with Crippen molar-refractivity contribution in [2.45, 2.75) is 41.5 Å². The van der Waals surface area contributed by atoms with Gasteiger partial charge in [0.2, 0.25) is 0 Å². The molecular formula is C24H27As. The molecule has 0 aliphatic heterocycles. The van der Waals surface area contributed by atoms with Crippen molar-refractivity contribution in [2.24, 2.45) is 0 Å². The first-order chi connectivity index (χ1) is 11.9. The van der Waals surface area contributed by atoms with Crippen LogP contribution in [-0.4, -0.2) is 14.7 Å². The van der Waals surface area contributed by atoms with Crippen molar-refractivity contribution >= 4 is 27.7 Å². The zero-order valence-corrected chi connectivity index (χ0v) is 18.0. The van der Waals surface area contributed by atoms with Gasteiger partial charge in [-0.15, -0.1) is 0 Å². The first kappa shape index (κ1) is 18.0. The van der Waals surface area contributed by atoms with Gasteiger partial charge in [-0.2, -0.15) is 0 Å². The molecule has 0 atom stereocenters. The molecule has 0 aliphatic carbocycles. The molecule has 0 saturated carbocycles. The van der Waals surface area contributed by atoms with Crippen molar-refractivity contribution in [2.75, 3.05) is 0 Å². The Bertz CT molecular complexity index is 799. The Morgan fingerprint density at radius 1 is 0.400 bits per heavy atom. The summed E-state index contributed by atoms with van der Waals surface area (Å²) in [5.41, 5.74) is 8.30. The van der Waals surface area contributed by atoms with Crippen LogP contribution in [-0.2, 0) is 0 Å². The van der Waals surface area contributed by atoms with Gasteiger partial charge in [0.15, 0.2) is 0 Å². The van der Waals surface area contributed by atoms with Gasteiger partial charge < -0.3 is 0 Å². The summed E-state index contributed by atoms with van der Waals surface area (Å²) >= 11 is -1.54. The topological polar surface area (TPSA) is 0 Å². The molecule has 0 heterocycles. The zero-order valence-electron chi connectivity index (χ0n) is 16.1. The van der Waals surface area contributed by atoms with Gasteiger partial charge in [0.25, 0.3) is 0 Å². The van der Waals surface area contributed by atoms with Crippen molar-refractivity contribution < 1.29 is 0 Å². The Balaban J connectivity index is 2.21. The number of benzene rings is 3. The van der Waals surface area contributed by atoms with Gasteiger partial charge in [0.1, 0.15) is 0 Å². The van der Waals surface area contributed by atoms with E-state index in [2.05, 4.69) is 96.1 Å². The van der Waals surface area contributed by atoms with E-state index in [9.17, 15) is 0 Å². The summed E-state index contributed by atoms with van der Waals surface area (Å²) in [6, 6.07) is 21.2. The van der Waals surface area contributed by atoms with E-state index >= 15 is 0 Å². The molecule has 0 aromatic heterocycles. The molecule has 0 amide bonds. The van der Waals surface area contributed by atoms with E-state index in [1.807, 2.05) is 0 Å². The van der Waals surface area contributed by atoms with Crippen LogP contribution in [0.3, 0.4) is 0 Å². The van der Waals surface area contributed by atoms with Crippen LogP contribution in [0.2, 0.25) is 0 Å². The van der Waals surface area contributed by atoms with Crippen molar-refractivity contribution in [3.8, 4) is 0 Å². The van der Waals surface area contributed by atoms with E-state index in [1.165, 1.54) is 46.4 Å². The molecule has 3 aromatic rings. The molecule has 0 aliphatic rings. The second-order valence-electron chi connectivity index (χ2n) is 7.14. The fourth-order valence-electron chi connectivity index (χ4n) is 3.04. The summed E-state index contributed by atoms with van der Waals surface area (Å²) in [4.78, 5) is 0. The molecule has 0 spiro atoms. The maximum absolute atomic E-state index is 2.42. The van der Waals surface area contributed by atoms with Gasteiger partial charge in [-0.1, -0.05) is 0 Å². The predicted octanol–water partition coefficient (Wildman–Crippen LogP) is 4.05. The normalized spacial score (nSPS) is 11.2. The summed E-state index contributed by atoms with van der Waals surface area (Å²) in [6.07, 6.45) is 0. The van der Waals surface area contributed by atoms with Crippen molar-refractivity contribution in [1.29, 1.82) is 0 Å². The van der Waals surface area contributed by atoms with E-state index < -0.39 is 14.7 Å². The molecule has 0 radical (unpaired) electrons. The van der Waals surface area contributed by atoms with Crippen molar-refractivity contribution in [1.82, 2.24) is 0 Å². The van der Waals surface area contributed by atoms with Crippen molar-refractivity contribution in [3.63, 3.8) is 0 Å². The van der Waals surface area contributed by atoms with Crippen LogP contribution in [0, 0.1) is 41.5 Å². The Morgan fingerprint density at radius 3 is 0.920 bits per heavy atom. The third kappa shape index (κ3) is 3.75. The first-order valence-corrected chi connectivity index (χ1v) is 11.7. The zero-order chi connectivity index (χ0) is 18.1. The third-order valence-electron chi connectivity index (χ3n) is 5.25. The summed E-state index contributed by atoms with van der Waals surface area (Å²) in [7, 11) is 0. The van der Waals surface area contributed by atoms with Crippen LogP contribution in [0.25, 0.3) is 0 Å². The van der Waals surface area contributed by atoms with E-state index in [0.29, 0.717) is 0 Å². The predicted molar refractivity (Wildman–Crippen MR) is 112 cm³/mol. The van der Waals surface area contributed by atoms with Gasteiger partial charge in [0.05, 0.1) is 0 Å². The molecule has 25 heavy (non-hydrogen) atoms. The van der Waals surface area contributed by atoms with Crippen LogP contribution in [0.4, 0.5) is 0 Å². The minimum absolute atomic E-state index is 1.37. The average molecular weight is 390 g/mol. The molecule has 1 heteroatoms. The summed E-state index contributed by atoms with van der Waals surface area (Å²) < 4.78 is 4.55. The number of rotatable bonds is 3. The first-order valence-electron chi connectivity index (χ1n) is 8.88. The standard InChI is InChI=1S/C24H27As/c1-16-7-10-22(13-19(16)4)25(23-11-8-17(2)20(5)14-23)24-12-9-18(3)21(6)15-24/h7-15H,1-6H3. The van der Waals surface area contributed by atoms with Crippen LogP contribution >= 0.6 is 0 Å². The van der Waals surface area contributed by atoms with E-state index in [0.717, 1.165) is 0 Å². The summed E-state index contributed by atoms with van der Waals surface area (Å²) in [5, 5.41) is 0. The molecule has 0 fully saturated rings. The van der Waals surface area contributed by atoms with Crippen LogP contribution < -0.4 is 13.1 Å². The Labute approximate surface area is 157 Å². The minimum atomic E-state index is -1.54. The Kier molecular flexibility index (Phi) is 5.21. The van der Waals surface area contributed by atoms with Crippen LogP contribution in [0.1, 0.15) is 33.4 Å². The Morgan fingerprint density at radius 2 is 0.680 bits per heavy atom.